The molecule has 0 amide bonds. The van der Waals surface area contributed by atoms with Gasteiger partial charge in [-0.1, -0.05) is 23.2 Å². The van der Waals surface area contributed by atoms with Gasteiger partial charge in [0.1, 0.15) is 5.01 Å². The minimum atomic E-state index is 0.788. The molecule has 3 heterocycles. The Balaban J connectivity index is 1.98. The highest BCUT2D eigenvalue weighted by atomic mass is 35.5. The van der Waals surface area contributed by atoms with Crippen LogP contribution in [0.5, 0.6) is 0 Å². The average molecular weight is 318 g/mol. The second-order valence-corrected chi connectivity index (χ2v) is 7.70. The van der Waals surface area contributed by atoms with Crippen molar-refractivity contribution < 1.29 is 0 Å². The maximum Gasteiger partial charge on any atom is 0.133 e. The molecule has 0 aliphatic heterocycles. The summed E-state index contributed by atoms with van der Waals surface area (Å²) in [6.45, 7) is 0. The van der Waals surface area contributed by atoms with E-state index in [1.54, 1.807) is 34.0 Å². The Morgan fingerprint density at radius 2 is 1.41 bits per heavy atom. The Kier molecular flexibility index (Phi) is 3.23. The van der Waals surface area contributed by atoms with E-state index in [1.165, 1.54) is 0 Å². The summed E-state index contributed by atoms with van der Waals surface area (Å²) in [7, 11) is 0. The normalized spacial score (nSPS) is 10.9. The Bertz CT molecular complexity index is 598. The molecule has 0 bridgehead atoms. The topological polar surface area (TPSA) is 12.9 Å². The first-order chi connectivity index (χ1) is 8.22. The molecule has 0 aliphatic rings. The van der Waals surface area contributed by atoms with E-state index in [0.717, 1.165) is 28.3 Å². The average Bonchev–Trinajstić information content (AvgIpc) is 2.96. The monoisotopic (exact) mass is 317 g/mol. The highest BCUT2D eigenvalue weighted by Gasteiger charge is 2.10. The number of thiophene rings is 2. The lowest BCUT2D eigenvalue weighted by molar-refractivity contribution is 1.43. The Morgan fingerprint density at radius 3 is 2.00 bits per heavy atom. The van der Waals surface area contributed by atoms with E-state index < -0.39 is 0 Å². The zero-order valence-corrected chi connectivity index (χ0v) is 12.3. The zero-order chi connectivity index (χ0) is 11.8. The van der Waals surface area contributed by atoms with Gasteiger partial charge in [-0.05, 0) is 24.3 Å². The molecule has 0 radical (unpaired) electrons. The molecule has 0 saturated heterocycles. The first-order valence-electron chi connectivity index (χ1n) is 4.69. The molecule has 3 aromatic rings. The largest absolute Gasteiger partial charge is 0.243 e. The van der Waals surface area contributed by atoms with Crippen molar-refractivity contribution in [3.63, 3.8) is 0 Å². The van der Waals surface area contributed by atoms with Crippen molar-refractivity contribution in [3.05, 3.63) is 39.1 Å². The van der Waals surface area contributed by atoms with E-state index in [4.69, 9.17) is 23.2 Å². The van der Waals surface area contributed by atoms with Gasteiger partial charge in [0.25, 0.3) is 0 Å². The summed E-state index contributed by atoms with van der Waals surface area (Å²) in [4.78, 5) is 7.82. The van der Waals surface area contributed by atoms with E-state index in [1.807, 2.05) is 30.5 Å². The molecule has 6 heteroatoms. The van der Waals surface area contributed by atoms with Gasteiger partial charge >= 0.3 is 0 Å². The van der Waals surface area contributed by atoms with Crippen LogP contribution in [0.15, 0.2) is 30.5 Å². The minimum absolute atomic E-state index is 0.788. The van der Waals surface area contributed by atoms with Crippen LogP contribution in [0.1, 0.15) is 0 Å². The summed E-state index contributed by atoms with van der Waals surface area (Å²) >= 11 is 16.6. The molecule has 0 aliphatic carbocycles. The van der Waals surface area contributed by atoms with Gasteiger partial charge in [0, 0.05) is 11.1 Å². The molecule has 0 unspecified atom stereocenters. The van der Waals surface area contributed by atoms with E-state index in [2.05, 4.69) is 4.98 Å². The SMILES string of the molecule is Clc1ccc(-c2cnc(-c3ccc(Cl)s3)s2)s1. The fourth-order valence-corrected chi connectivity index (χ4v) is 4.52. The van der Waals surface area contributed by atoms with Crippen LogP contribution in [0.25, 0.3) is 19.6 Å². The fraction of sp³-hybridized carbons (Fsp3) is 0. The maximum absolute atomic E-state index is 5.92. The highest BCUT2D eigenvalue weighted by molar-refractivity contribution is 7.27. The summed E-state index contributed by atoms with van der Waals surface area (Å²) in [5.74, 6) is 0. The van der Waals surface area contributed by atoms with Gasteiger partial charge in [0.2, 0.25) is 0 Å². The Hall–Kier alpha value is -0.390. The summed E-state index contributed by atoms with van der Waals surface area (Å²) in [6.07, 6.45) is 1.88. The first kappa shape index (κ1) is 11.7. The third-order valence-corrected chi connectivity index (χ3v) is 5.93. The van der Waals surface area contributed by atoms with Crippen molar-refractivity contribution in [2.75, 3.05) is 0 Å². The fourth-order valence-electron chi connectivity index (χ4n) is 1.38. The molecule has 0 N–H and O–H groups in total. The smallest absolute Gasteiger partial charge is 0.133 e. The van der Waals surface area contributed by atoms with Crippen LogP contribution < -0.4 is 0 Å². The summed E-state index contributed by atoms with van der Waals surface area (Å²) in [5, 5.41) is 1.00. The lowest BCUT2D eigenvalue weighted by Gasteiger charge is -1.87. The van der Waals surface area contributed by atoms with E-state index in [9.17, 15) is 0 Å². The number of halogens is 2. The van der Waals surface area contributed by atoms with Gasteiger partial charge in [0.15, 0.2) is 0 Å². The van der Waals surface area contributed by atoms with E-state index in [-0.39, 0.29) is 0 Å². The third kappa shape index (κ3) is 2.41. The molecule has 0 fully saturated rings. The molecule has 17 heavy (non-hydrogen) atoms. The second-order valence-electron chi connectivity index (χ2n) is 3.24. The molecule has 86 valence electrons. The van der Waals surface area contributed by atoms with Gasteiger partial charge in [-0.25, -0.2) is 4.98 Å². The lowest BCUT2D eigenvalue weighted by Crippen LogP contribution is -1.63. The van der Waals surface area contributed by atoms with Crippen molar-refractivity contribution in [2.24, 2.45) is 0 Å². The van der Waals surface area contributed by atoms with Crippen molar-refractivity contribution in [1.29, 1.82) is 0 Å². The predicted molar refractivity (Wildman–Crippen MR) is 78.8 cm³/mol. The quantitative estimate of drug-likeness (QED) is 0.572. The van der Waals surface area contributed by atoms with Crippen LogP contribution in [0.3, 0.4) is 0 Å². The number of thiazole rings is 1. The van der Waals surface area contributed by atoms with Gasteiger partial charge in [0.05, 0.1) is 18.4 Å². The number of hydrogen-bond donors (Lipinski definition) is 0. The predicted octanol–water partition coefficient (Wildman–Crippen LogP) is 5.91. The minimum Gasteiger partial charge on any atom is -0.243 e. The molecule has 0 atom stereocenters. The molecule has 0 saturated carbocycles. The summed E-state index contributed by atoms with van der Waals surface area (Å²) in [5.41, 5.74) is 0. The maximum atomic E-state index is 5.92. The molecular formula is C11H5Cl2NS3. The van der Waals surface area contributed by atoms with Crippen molar-refractivity contribution in [3.8, 4) is 19.6 Å². The standard InChI is InChI=1S/C11H5Cl2NS3/c12-9-3-1-6(15-9)8-5-14-11(17-8)7-2-4-10(13)16-7/h1-5H. The van der Waals surface area contributed by atoms with Crippen molar-refractivity contribution >= 4 is 57.2 Å². The van der Waals surface area contributed by atoms with Gasteiger partial charge in [-0.3, -0.25) is 0 Å². The van der Waals surface area contributed by atoms with E-state index in [0.29, 0.717) is 0 Å². The van der Waals surface area contributed by atoms with Crippen molar-refractivity contribution in [2.45, 2.75) is 0 Å². The highest BCUT2D eigenvalue weighted by Crippen LogP contribution is 2.39. The second kappa shape index (κ2) is 4.71. The lowest BCUT2D eigenvalue weighted by atomic mass is 10.4. The molecule has 1 nitrogen and oxygen atoms in total. The number of rotatable bonds is 2. The van der Waals surface area contributed by atoms with Gasteiger partial charge < -0.3 is 0 Å². The molecule has 3 aromatic heterocycles. The zero-order valence-electron chi connectivity index (χ0n) is 8.31. The van der Waals surface area contributed by atoms with Crippen LogP contribution >= 0.6 is 57.2 Å². The first-order valence-corrected chi connectivity index (χ1v) is 7.90. The molecule has 3 rings (SSSR count). The van der Waals surface area contributed by atoms with Crippen LogP contribution in [0.4, 0.5) is 0 Å². The van der Waals surface area contributed by atoms with Crippen LogP contribution in [-0.2, 0) is 0 Å². The summed E-state index contributed by atoms with van der Waals surface area (Å²) in [6, 6.07) is 7.82. The van der Waals surface area contributed by atoms with E-state index >= 15 is 0 Å². The number of nitrogens with zero attached hydrogens (tertiary/aromatic N) is 1. The van der Waals surface area contributed by atoms with Crippen LogP contribution in [0.2, 0.25) is 8.67 Å². The Morgan fingerprint density at radius 1 is 0.765 bits per heavy atom. The van der Waals surface area contributed by atoms with Gasteiger partial charge in [-0.2, -0.15) is 0 Å². The van der Waals surface area contributed by atoms with Crippen molar-refractivity contribution in [1.82, 2.24) is 4.98 Å². The summed E-state index contributed by atoms with van der Waals surface area (Å²) < 4.78 is 1.59. The van der Waals surface area contributed by atoms with Gasteiger partial charge in [-0.15, -0.1) is 34.0 Å². The molecule has 0 aromatic carbocycles. The Labute approximate surface area is 120 Å². The van der Waals surface area contributed by atoms with Crippen LogP contribution in [-0.4, -0.2) is 4.98 Å². The van der Waals surface area contributed by atoms with Crippen LogP contribution in [0, 0.1) is 0 Å². The number of hydrogen-bond acceptors (Lipinski definition) is 4. The molecular weight excluding hydrogens is 313 g/mol. The third-order valence-electron chi connectivity index (χ3n) is 2.11. The molecule has 0 spiro atoms. The number of aromatic nitrogens is 1.